The third kappa shape index (κ3) is 3.36. The van der Waals surface area contributed by atoms with Crippen molar-refractivity contribution < 1.29 is 9.18 Å². The molecule has 0 spiro atoms. The number of H-pyrrole nitrogens is 1. The summed E-state index contributed by atoms with van der Waals surface area (Å²) in [6.07, 6.45) is 9.37. The van der Waals surface area contributed by atoms with Crippen LogP contribution in [-0.4, -0.2) is 21.1 Å². The lowest BCUT2D eigenvalue weighted by atomic mass is 9.94. The van der Waals surface area contributed by atoms with Crippen LogP contribution in [0.25, 0.3) is 11.6 Å². The number of fused-ring (bicyclic) bond motifs is 1. The molecule has 3 aromatic rings. The zero-order valence-corrected chi connectivity index (χ0v) is 15.6. The van der Waals surface area contributed by atoms with Gasteiger partial charge in [-0.2, -0.15) is 5.10 Å². The predicted molar refractivity (Wildman–Crippen MR) is 107 cm³/mol. The summed E-state index contributed by atoms with van der Waals surface area (Å²) < 4.78 is 13.8. The van der Waals surface area contributed by atoms with Crippen LogP contribution in [0.5, 0.6) is 0 Å². The first-order valence-corrected chi connectivity index (χ1v) is 8.96. The van der Waals surface area contributed by atoms with Crippen molar-refractivity contribution in [3.8, 4) is 0 Å². The first-order valence-electron chi connectivity index (χ1n) is 8.96. The second-order valence-corrected chi connectivity index (χ2v) is 6.80. The molecule has 0 unspecified atom stereocenters. The molecular formula is C22H19FN4O. The van der Waals surface area contributed by atoms with E-state index in [0.717, 1.165) is 46.1 Å². The summed E-state index contributed by atoms with van der Waals surface area (Å²) in [4.78, 5) is 16.0. The van der Waals surface area contributed by atoms with Gasteiger partial charge in [0.1, 0.15) is 0 Å². The number of aromatic amines is 1. The van der Waals surface area contributed by atoms with Crippen LogP contribution in [0.15, 0.2) is 54.5 Å². The normalized spacial score (nSPS) is 13.2. The third-order valence-electron chi connectivity index (χ3n) is 4.85. The number of rotatable bonds is 3. The second-order valence-electron chi connectivity index (χ2n) is 6.80. The van der Waals surface area contributed by atoms with Crippen molar-refractivity contribution in [2.75, 3.05) is 5.32 Å². The molecule has 0 radical (unpaired) electrons. The van der Waals surface area contributed by atoms with Gasteiger partial charge in [0.25, 0.3) is 5.91 Å². The molecule has 0 aliphatic heterocycles. The first-order chi connectivity index (χ1) is 13.5. The maximum atomic E-state index is 13.8. The van der Waals surface area contributed by atoms with Crippen LogP contribution in [0.1, 0.15) is 39.7 Å². The number of hydrogen-bond donors (Lipinski definition) is 2. The quantitative estimate of drug-likeness (QED) is 0.707. The number of hydrogen-bond acceptors (Lipinski definition) is 3. The van der Waals surface area contributed by atoms with Crippen molar-refractivity contribution in [1.29, 1.82) is 0 Å². The molecule has 4 rings (SSSR count). The molecule has 0 atom stereocenters. The standard InChI is InChI=1S/C22H19FN4O/c1-13-9-16(26-22(28)19-7-8-24-12-20(19)23)4-6-18(13)17-5-3-15-11-25-27-21(15)10-14(17)2/h4-12H,3H2,1-2H3,(H,25,27)(H,26,28). The molecule has 0 fully saturated rings. The Morgan fingerprint density at radius 1 is 1.21 bits per heavy atom. The van der Waals surface area contributed by atoms with Crippen molar-refractivity contribution in [3.63, 3.8) is 0 Å². The van der Waals surface area contributed by atoms with Crippen molar-refractivity contribution in [3.05, 3.63) is 88.3 Å². The minimum absolute atomic E-state index is 0.0308. The van der Waals surface area contributed by atoms with E-state index in [2.05, 4.69) is 39.6 Å². The van der Waals surface area contributed by atoms with Crippen molar-refractivity contribution in [2.24, 2.45) is 0 Å². The molecule has 0 bridgehead atoms. The monoisotopic (exact) mass is 374 g/mol. The molecule has 0 saturated heterocycles. The lowest BCUT2D eigenvalue weighted by Crippen LogP contribution is -2.14. The summed E-state index contributed by atoms with van der Waals surface area (Å²) >= 11 is 0. The van der Waals surface area contributed by atoms with Gasteiger partial charge in [-0.25, -0.2) is 4.39 Å². The van der Waals surface area contributed by atoms with Crippen LogP contribution in [0.2, 0.25) is 0 Å². The molecule has 1 amide bonds. The highest BCUT2D eigenvalue weighted by atomic mass is 19.1. The van der Waals surface area contributed by atoms with E-state index in [1.807, 2.05) is 31.3 Å². The van der Waals surface area contributed by atoms with Gasteiger partial charge >= 0.3 is 0 Å². The lowest BCUT2D eigenvalue weighted by Gasteiger charge is -2.13. The number of carbonyl (C=O) groups excluding carboxylic acids is 1. The third-order valence-corrected chi connectivity index (χ3v) is 4.85. The van der Waals surface area contributed by atoms with E-state index in [1.165, 1.54) is 12.3 Å². The molecule has 2 heterocycles. The number of aromatic nitrogens is 3. The molecular weight excluding hydrogens is 355 g/mol. The predicted octanol–water partition coefficient (Wildman–Crippen LogP) is 4.55. The molecule has 5 nitrogen and oxygen atoms in total. The van der Waals surface area contributed by atoms with E-state index < -0.39 is 11.7 Å². The molecule has 1 aromatic carbocycles. The zero-order chi connectivity index (χ0) is 19.7. The number of halogens is 1. The fraction of sp³-hybridized carbons (Fsp3) is 0.136. The SMILES string of the molecule is CC1=Cc2[nH]ncc2CC=C1c1ccc(NC(=O)c2ccncc2F)cc1C. The minimum Gasteiger partial charge on any atom is -0.322 e. The maximum absolute atomic E-state index is 13.8. The largest absolute Gasteiger partial charge is 0.322 e. The van der Waals surface area contributed by atoms with Gasteiger partial charge < -0.3 is 5.32 Å². The maximum Gasteiger partial charge on any atom is 0.258 e. The number of amides is 1. The van der Waals surface area contributed by atoms with E-state index in [9.17, 15) is 9.18 Å². The first kappa shape index (κ1) is 17.9. The summed E-state index contributed by atoms with van der Waals surface area (Å²) in [7, 11) is 0. The number of carbonyl (C=O) groups is 1. The van der Waals surface area contributed by atoms with E-state index in [-0.39, 0.29) is 5.56 Å². The Labute approximate surface area is 162 Å². The minimum atomic E-state index is -0.643. The summed E-state index contributed by atoms with van der Waals surface area (Å²) in [5.74, 6) is -1.14. The van der Waals surface area contributed by atoms with Crippen molar-refractivity contribution in [1.82, 2.24) is 15.2 Å². The highest BCUT2D eigenvalue weighted by Crippen LogP contribution is 2.32. The van der Waals surface area contributed by atoms with Crippen LogP contribution >= 0.6 is 0 Å². The number of aryl methyl sites for hydroxylation is 1. The van der Waals surface area contributed by atoms with E-state index in [0.29, 0.717) is 5.69 Å². The van der Waals surface area contributed by atoms with E-state index in [4.69, 9.17) is 0 Å². The number of benzene rings is 1. The number of nitrogens with zero attached hydrogens (tertiary/aromatic N) is 2. The Kier molecular flexibility index (Phi) is 4.61. The number of anilines is 1. The molecule has 2 N–H and O–H groups in total. The highest BCUT2D eigenvalue weighted by Gasteiger charge is 2.15. The number of allylic oxidation sites excluding steroid dienone is 3. The fourth-order valence-electron chi connectivity index (χ4n) is 3.40. The highest BCUT2D eigenvalue weighted by molar-refractivity contribution is 6.04. The smallest absolute Gasteiger partial charge is 0.258 e. The summed E-state index contributed by atoms with van der Waals surface area (Å²) in [6.45, 7) is 4.07. The summed E-state index contributed by atoms with van der Waals surface area (Å²) in [6, 6.07) is 7.07. The Hall–Kier alpha value is -3.54. The Bertz CT molecular complexity index is 1130. The van der Waals surface area contributed by atoms with Gasteiger partial charge in [-0.1, -0.05) is 12.1 Å². The lowest BCUT2D eigenvalue weighted by molar-refractivity contribution is 0.102. The van der Waals surface area contributed by atoms with Crippen LogP contribution in [0, 0.1) is 12.7 Å². The van der Waals surface area contributed by atoms with E-state index in [1.54, 1.807) is 0 Å². The average Bonchev–Trinajstić information content (AvgIpc) is 3.04. The summed E-state index contributed by atoms with van der Waals surface area (Å²) in [5, 5.41) is 9.87. The zero-order valence-electron chi connectivity index (χ0n) is 15.6. The Morgan fingerprint density at radius 2 is 2.07 bits per heavy atom. The fourth-order valence-corrected chi connectivity index (χ4v) is 3.40. The molecule has 140 valence electrons. The van der Waals surface area contributed by atoms with Gasteiger partial charge in [0.15, 0.2) is 5.82 Å². The van der Waals surface area contributed by atoms with Crippen LogP contribution in [-0.2, 0) is 6.42 Å². The molecule has 6 heteroatoms. The Balaban J connectivity index is 1.59. The summed E-state index contributed by atoms with van der Waals surface area (Å²) in [5.41, 5.74) is 7.20. The van der Waals surface area contributed by atoms with Gasteiger partial charge in [0, 0.05) is 17.4 Å². The molecule has 28 heavy (non-hydrogen) atoms. The number of nitrogens with one attached hydrogen (secondary N) is 2. The van der Waals surface area contributed by atoms with Gasteiger partial charge in [0.05, 0.1) is 23.7 Å². The molecule has 0 saturated carbocycles. The van der Waals surface area contributed by atoms with Crippen molar-refractivity contribution >= 4 is 23.2 Å². The molecule has 1 aliphatic carbocycles. The average molecular weight is 374 g/mol. The van der Waals surface area contributed by atoms with Crippen LogP contribution in [0.3, 0.4) is 0 Å². The molecule has 2 aromatic heterocycles. The van der Waals surface area contributed by atoms with Crippen LogP contribution in [0.4, 0.5) is 10.1 Å². The topological polar surface area (TPSA) is 70.7 Å². The van der Waals surface area contributed by atoms with Gasteiger partial charge in [-0.3, -0.25) is 14.9 Å². The van der Waals surface area contributed by atoms with Crippen LogP contribution < -0.4 is 5.32 Å². The van der Waals surface area contributed by atoms with Gasteiger partial charge in [-0.05, 0) is 66.8 Å². The second kappa shape index (κ2) is 7.23. The number of pyridine rings is 1. The van der Waals surface area contributed by atoms with Gasteiger partial charge in [-0.15, -0.1) is 0 Å². The Morgan fingerprint density at radius 3 is 2.86 bits per heavy atom. The van der Waals surface area contributed by atoms with Gasteiger partial charge in [0.2, 0.25) is 0 Å². The van der Waals surface area contributed by atoms with E-state index >= 15 is 0 Å². The van der Waals surface area contributed by atoms with Crippen molar-refractivity contribution in [2.45, 2.75) is 20.3 Å². The molecule has 1 aliphatic rings.